The maximum atomic E-state index is 13.0. The molecule has 7 heteroatoms. The molecular formula is C33H37N5OS. The molecule has 5 rings (SSSR count). The maximum Gasteiger partial charge on any atom is 0.226 e. The van der Waals surface area contributed by atoms with Crippen molar-refractivity contribution in [3.8, 4) is 5.69 Å². The third kappa shape index (κ3) is 5.26. The van der Waals surface area contributed by atoms with Gasteiger partial charge >= 0.3 is 0 Å². The summed E-state index contributed by atoms with van der Waals surface area (Å²) in [5, 5.41) is 7.24. The molecule has 6 nitrogen and oxygen atoms in total. The van der Waals surface area contributed by atoms with Crippen LogP contribution in [0.5, 0.6) is 0 Å². The lowest BCUT2D eigenvalue weighted by Gasteiger charge is -2.28. The topological polar surface area (TPSA) is 62.2 Å². The highest BCUT2D eigenvalue weighted by Crippen LogP contribution is 2.42. The van der Waals surface area contributed by atoms with Gasteiger partial charge in [-0.2, -0.15) is 0 Å². The van der Waals surface area contributed by atoms with Crippen LogP contribution in [-0.4, -0.2) is 32.0 Å². The van der Waals surface area contributed by atoms with Gasteiger partial charge < -0.3 is 20.1 Å². The molecule has 1 aliphatic rings. The number of nitrogens with zero attached hydrogens (tertiary/aromatic N) is 3. The van der Waals surface area contributed by atoms with Gasteiger partial charge in [0, 0.05) is 36.2 Å². The van der Waals surface area contributed by atoms with Gasteiger partial charge in [-0.1, -0.05) is 49.4 Å². The molecule has 0 radical (unpaired) electrons. The Bertz CT molecular complexity index is 1540. The number of hydrogen-bond donors (Lipinski definition) is 2. The predicted molar refractivity (Wildman–Crippen MR) is 166 cm³/mol. The first-order valence-electron chi connectivity index (χ1n) is 13.9. The molecule has 40 heavy (non-hydrogen) atoms. The molecule has 4 aromatic rings. The molecule has 0 bridgehead atoms. The molecule has 3 heterocycles. The second-order valence-corrected chi connectivity index (χ2v) is 10.9. The summed E-state index contributed by atoms with van der Waals surface area (Å²) in [5.74, 6) is -0.0323. The van der Waals surface area contributed by atoms with E-state index in [0.717, 1.165) is 23.4 Å². The third-order valence-electron chi connectivity index (χ3n) is 7.91. The van der Waals surface area contributed by atoms with Gasteiger partial charge in [0.2, 0.25) is 5.91 Å². The molecule has 0 unspecified atom stereocenters. The Balaban J connectivity index is 1.51. The molecule has 2 aromatic carbocycles. The Kier molecular flexibility index (Phi) is 8.03. The zero-order chi connectivity index (χ0) is 28.4. The second kappa shape index (κ2) is 11.6. The smallest absolute Gasteiger partial charge is 0.226 e. The van der Waals surface area contributed by atoms with Crippen LogP contribution in [0.4, 0.5) is 5.69 Å². The first kappa shape index (κ1) is 27.6. The number of pyridine rings is 1. The van der Waals surface area contributed by atoms with Crippen LogP contribution in [0.1, 0.15) is 64.8 Å². The quantitative estimate of drug-likeness (QED) is 0.240. The van der Waals surface area contributed by atoms with Gasteiger partial charge in [0.15, 0.2) is 5.11 Å². The highest BCUT2D eigenvalue weighted by molar-refractivity contribution is 7.80. The van der Waals surface area contributed by atoms with Crippen molar-refractivity contribution < 1.29 is 4.79 Å². The molecule has 206 valence electrons. The molecule has 0 aliphatic carbocycles. The van der Waals surface area contributed by atoms with Gasteiger partial charge in [-0.25, -0.2) is 0 Å². The van der Waals surface area contributed by atoms with Crippen LogP contribution in [0, 0.1) is 27.7 Å². The summed E-state index contributed by atoms with van der Waals surface area (Å²) in [6.45, 7) is 11.2. The fourth-order valence-electron chi connectivity index (χ4n) is 5.89. The van der Waals surface area contributed by atoms with Crippen LogP contribution in [0.25, 0.3) is 5.69 Å². The largest absolute Gasteiger partial charge is 0.352 e. The minimum atomic E-state index is -0.135. The molecule has 2 aromatic heterocycles. The predicted octanol–water partition coefficient (Wildman–Crippen LogP) is 6.67. The van der Waals surface area contributed by atoms with Gasteiger partial charge in [0.1, 0.15) is 0 Å². The van der Waals surface area contributed by atoms with Crippen molar-refractivity contribution in [2.24, 2.45) is 0 Å². The number of hydrogen-bond acceptors (Lipinski definition) is 3. The number of thiocarbonyl (C=S) groups is 1. The van der Waals surface area contributed by atoms with E-state index in [-0.39, 0.29) is 18.0 Å². The summed E-state index contributed by atoms with van der Waals surface area (Å²) in [6, 6.07) is 22.4. The van der Waals surface area contributed by atoms with Crippen molar-refractivity contribution in [2.75, 3.05) is 11.9 Å². The Hall–Kier alpha value is -3.97. The number of carbonyl (C=O) groups is 1. The SMILES string of the molecule is CCc1cccc(C)c1-n1c(C)cc([C@H]2[C@@H](c3ccccn3)NC(=S)N2CCC(=O)Nc2ccccc2C)c1C. The van der Waals surface area contributed by atoms with Crippen molar-refractivity contribution in [1.82, 2.24) is 19.8 Å². The van der Waals surface area contributed by atoms with Gasteiger partial charge in [-0.05, 0) is 92.9 Å². The Morgan fingerprint density at radius 3 is 2.48 bits per heavy atom. The van der Waals surface area contributed by atoms with Crippen molar-refractivity contribution in [2.45, 2.75) is 59.5 Å². The minimum Gasteiger partial charge on any atom is -0.352 e. The van der Waals surface area contributed by atoms with Crippen molar-refractivity contribution >= 4 is 28.9 Å². The number of nitrogens with one attached hydrogen (secondary N) is 2. The van der Waals surface area contributed by atoms with Crippen molar-refractivity contribution in [3.05, 3.63) is 112 Å². The molecule has 0 saturated carbocycles. The number of para-hydroxylation sites is 2. The van der Waals surface area contributed by atoms with Gasteiger partial charge in [-0.3, -0.25) is 9.78 Å². The molecule has 2 N–H and O–H groups in total. The molecule has 1 aliphatic heterocycles. The van der Waals surface area contributed by atoms with Crippen LogP contribution in [0.15, 0.2) is 72.9 Å². The first-order valence-corrected chi connectivity index (χ1v) is 14.3. The molecule has 1 amide bonds. The van der Waals surface area contributed by atoms with E-state index in [2.05, 4.69) is 77.0 Å². The fraction of sp³-hybridized carbons (Fsp3) is 0.303. The number of aromatic nitrogens is 2. The zero-order valence-electron chi connectivity index (χ0n) is 23.9. The lowest BCUT2D eigenvalue weighted by Crippen LogP contribution is -2.33. The molecule has 2 atom stereocenters. The summed E-state index contributed by atoms with van der Waals surface area (Å²) < 4.78 is 2.38. The standard InChI is InChI=1S/C33H37N5OS/c1-6-25-14-11-13-22(3)31(25)38-23(4)20-26(24(38)5)32-30(28-16-9-10-18-34-28)36-33(40)37(32)19-17-29(39)35-27-15-8-7-12-21(27)2/h7-16,18,20,30,32H,6,17,19H2,1-5H3,(H,35,39)(H,36,40)/t30-,32+/m1/s1. The van der Waals surface area contributed by atoms with Crippen LogP contribution in [-0.2, 0) is 11.2 Å². The summed E-state index contributed by atoms with van der Waals surface area (Å²) in [6.07, 6.45) is 3.09. The van der Waals surface area contributed by atoms with E-state index in [1.165, 1.54) is 33.8 Å². The van der Waals surface area contributed by atoms with Gasteiger partial charge in [-0.15, -0.1) is 0 Å². The summed E-state index contributed by atoms with van der Waals surface area (Å²) >= 11 is 5.88. The molecule has 0 spiro atoms. The maximum absolute atomic E-state index is 13.0. The number of anilines is 1. The van der Waals surface area contributed by atoms with E-state index in [9.17, 15) is 4.79 Å². The third-order valence-corrected chi connectivity index (χ3v) is 8.26. The van der Waals surface area contributed by atoms with E-state index in [0.29, 0.717) is 18.1 Å². The number of benzene rings is 2. The van der Waals surface area contributed by atoms with Crippen molar-refractivity contribution in [3.63, 3.8) is 0 Å². The highest BCUT2D eigenvalue weighted by atomic mass is 32.1. The molecule has 1 fully saturated rings. The Morgan fingerprint density at radius 1 is 1.00 bits per heavy atom. The van der Waals surface area contributed by atoms with Crippen molar-refractivity contribution in [1.29, 1.82) is 0 Å². The Morgan fingerprint density at radius 2 is 1.75 bits per heavy atom. The number of rotatable bonds is 8. The average Bonchev–Trinajstić information content (AvgIpc) is 3.43. The van der Waals surface area contributed by atoms with E-state index in [1.54, 1.807) is 0 Å². The first-order chi connectivity index (χ1) is 19.3. The van der Waals surface area contributed by atoms with Crippen LogP contribution in [0.3, 0.4) is 0 Å². The number of aryl methyl sites for hydroxylation is 4. The lowest BCUT2D eigenvalue weighted by molar-refractivity contribution is -0.116. The summed E-state index contributed by atoms with van der Waals surface area (Å²) in [5.41, 5.74) is 10.2. The molecule has 1 saturated heterocycles. The highest BCUT2D eigenvalue weighted by Gasteiger charge is 2.41. The van der Waals surface area contributed by atoms with Gasteiger partial charge in [0.05, 0.1) is 23.5 Å². The Labute approximate surface area is 242 Å². The van der Waals surface area contributed by atoms with E-state index in [4.69, 9.17) is 12.2 Å². The van der Waals surface area contributed by atoms with E-state index < -0.39 is 0 Å². The normalized spacial score (nSPS) is 16.7. The van der Waals surface area contributed by atoms with Crippen LogP contribution < -0.4 is 10.6 Å². The average molecular weight is 552 g/mol. The fourth-order valence-corrected chi connectivity index (χ4v) is 6.22. The van der Waals surface area contributed by atoms with Crippen LogP contribution in [0.2, 0.25) is 0 Å². The van der Waals surface area contributed by atoms with E-state index >= 15 is 0 Å². The van der Waals surface area contributed by atoms with Crippen LogP contribution >= 0.6 is 12.2 Å². The summed E-state index contributed by atoms with van der Waals surface area (Å²) in [7, 11) is 0. The lowest BCUT2D eigenvalue weighted by atomic mass is 9.96. The minimum absolute atomic E-state index is 0.0323. The second-order valence-electron chi connectivity index (χ2n) is 10.5. The zero-order valence-corrected chi connectivity index (χ0v) is 24.7. The monoisotopic (exact) mass is 551 g/mol. The van der Waals surface area contributed by atoms with E-state index in [1.807, 2.05) is 55.6 Å². The molecular weight excluding hydrogens is 514 g/mol. The summed E-state index contributed by atoms with van der Waals surface area (Å²) in [4.78, 5) is 19.9. The number of carbonyl (C=O) groups excluding carboxylic acids is 1. The van der Waals surface area contributed by atoms with Gasteiger partial charge in [0.25, 0.3) is 0 Å². The number of amides is 1.